The van der Waals surface area contributed by atoms with E-state index in [0.717, 1.165) is 25.9 Å². The molecule has 2 nitrogen and oxygen atoms in total. The van der Waals surface area contributed by atoms with Crippen molar-refractivity contribution in [3.05, 3.63) is 65.0 Å². The Kier molecular flexibility index (Phi) is 5.10. The van der Waals surface area contributed by atoms with Crippen LogP contribution >= 0.6 is 0 Å². The minimum absolute atomic E-state index is 0.835. The van der Waals surface area contributed by atoms with Gasteiger partial charge in [-0.25, -0.2) is 0 Å². The SMILES string of the molecule is CCc1ccccc1CNCc1ncccc1CC. The van der Waals surface area contributed by atoms with Gasteiger partial charge in [-0.2, -0.15) is 0 Å². The van der Waals surface area contributed by atoms with Crippen LogP contribution in [0.2, 0.25) is 0 Å². The van der Waals surface area contributed by atoms with Gasteiger partial charge in [-0.15, -0.1) is 0 Å². The summed E-state index contributed by atoms with van der Waals surface area (Å²) < 4.78 is 0. The first kappa shape index (κ1) is 13.8. The molecule has 0 spiro atoms. The molecule has 19 heavy (non-hydrogen) atoms. The summed E-state index contributed by atoms with van der Waals surface area (Å²) in [4.78, 5) is 4.46. The fourth-order valence-electron chi connectivity index (χ4n) is 2.34. The van der Waals surface area contributed by atoms with Crippen LogP contribution in [0.3, 0.4) is 0 Å². The first-order chi connectivity index (χ1) is 9.35. The average molecular weight is 254 g/mol. The van der Waals surface area contributed by atoms with Gasteiger partial charge in [-0.05, 0) is 35.6 Å². The lowest BCUT2D eigenvalue weighted by Crippen LogP contribution is -2.16. The Morgan fingerprint density at radius 3 is 2.26 bits per heavy atom. The summed E-state index contributed by atoms with van der Waals surface area (Å²) in [6.45, 7) is 6.12. The molecule has 0 saturated carbocycles. The second-order valence-electron chi connectivity index (χ2n) is 4.69. The van der Waals surface area contributed by atoms with E-state index in [0.29, 0.717) is 0 Å². The number of rotatable bonds is 6. The molecule has 0 aliphatic carbocycles. The summed E-state index contributed by atoms with van der Waals surface area (Å²) >= 11 is 0. The highest BCUT2D eigenvalue weighted by Gasteiger charge is 2.02. The van der Waals surface area contributed by atoms with Crippen molar-refractivity contribution < 1.29 is 0 Å². The Labute approximate surface area is 115 Å². The Hall–Kier alpha value is -1.67. The van der Waals surface area contributed by atoms with E-state index in [2.05, 4.69) is 54.5 Å². The molecule has 2 rings (SSSR count). The van der Waals surface area contributed by atoms with Crippen LogP contribution in [0, 0.1) is 0 Å². The van der Waals surface area contributed by atoms with Crippen molar-refractivity contribution in [1.82, 2.24) is 10.3 Å². The molecule has 100 valence electrons. The number of hydrogen-bond acceptors (Lipinski definition) is 2. The number of aromatic nitrogens is 1. The topological polar surface area (TPSA) is 24.9 Å². The second-order valence-corrected chi connectivity index (χ2v) is 4.69. The fraction of sp³-hybridized carbons (Fsp3) is 0.353. The van der Waals surface area contributed by atoms with E-state index >= 15 is 0 Å². The largest absolute Gasteiger partial charge is 0.307 e. The molecule has 1 aromatic heterocycles. The number of nitrogens with zero attached hydrogens (tertiary/aromatic N) is 1. The standard InChI is InChI=1S/C17H22N2/c1-3-14-8-5-6-9-16(14)12-18-13-17-15(4-2)10-7-11-19-17/h5-11,18H,3-4,12-13H2,1-2H3. The molecule has 0 amide bonds. The van der Waals surface area contributed by atoms with E-state index in [1.807, 2.05) is 12.3 Å². The molecule has 0 radical (unpaired) electrons. The van der Waals surface area contributed by atoms with Gasteiger partial charge in [0, 0.05) is 19.3 Å². The van der Waals surface area contributed by atoms with Gasteiger partial charge in [0.1, 0.15) is 0 Å². The van der Waals surface area contributed by atoms with Gasteiger partial charge in [0.05, 0.1) is 5.69 Å². The third-order valence-corrected chi connectivity index (χ3v) is 3.47. The minimum Gasteiger partial charge on any atom is -0.307 e. The summed E-state index contributed by atoms with van der Waals surface area (Å²) in [5, 5.41) is 3.50. The van der Waals surface area contributed by atoms with Gasteiger partial charge >= 0.3 is 0 Å². The van der Waals surface area contributed by atoms with Crippen LogP contribution in [-0.4, -0.2) is 4.98 Å². The quantitative estimate of drug-likeness (QED) is 0.853. The minimum atomic E-state index is 0.835. The molecule has 1 heterocycles. The zero-order chi connectivity index (χ0) is 13.5. The van der Waals surface area contributed by atoms with Crippen LogP contribution in [0.25, 0.3) is 0 Å². The highest BCUT2D eigenvalue weighted by atomic mass is 14.9. The van der Waals surface area contributed by atoms with E-state index < -0.39 is 0 Å². The summed E-state index contributed by atoms with van der Waals surface area (Å²) in [5.74, 6) is 0. The van der Waals surface area contributed by atoms with Crippen LogP contribution in [-0.2, 0) is 25.9 Å². The van der Waals surface area contributed by atoms with Crippen molar-refractivity contribution in [3.8, 4) is 0 Å². The summed E-state index contributed by atoms with van der Waals surface area (Å²) in [6.07, 6.45) is 3.99. The van der Waals surface area contributed by atoms with Crippen molar-refractivity contribution in [3.63, 3.8) is 0 Å². The van der Waals surface area contributed by atoms with E-state index in [1.165, 1.54) is 22.4 Å². The van der Waals surface area contributed by atoms with Gasteiger partial charge in [0.15, 0.2) is 0 Å². The lowest BCUT2D eigenvalue weighted by molar-refractivity contribution is 0.669. The molecule has 1 N–H and O–H groups in total. The maximum absolute atomic E-state index is 4.46. The third kappa shape index (κ3) is 3.65. The number of pyridine rings is 1. The molecule has 0 aliphatic rings. The number of nitrogens with one attached hydrogen (secondary N) is 1. The van der Waals surface area contributed by atoms with E-state index in [-0.39, 0.29) is 0 Å². The van der Waals surface area contributed by atoms with Crippen LogP contribution in [0.1, 0.15) is 36.2 Å². The lowest BCUT2D eigenvalue weighted by atomic mass is 10.1. The van der Waals surface area contributed by atoms with Gasteiger partial charge in [0.25, 0.3) is 0 Å². The smallest absolute Gasteiger partial charge is 0.0573 e. The molecule has 2 aromatic rings. The second kappa shape index (κ2) is 7.05. The highest BCUT2D eigenvalue weighted by molar-refractivity contribution is 5.27. The monoisotopic (exact) mass is 254 g/mol. The zero-order valence-corrected chi connectivity index (χ0v) is 11.8. The number of aryl methyl sites for hydroxylation is 2. The molecule has 0 atom stereocenters. The summed E-state index contributed by atoms with van der Waals surface area (Å²) in [7, 11) is 0. The number of hydrogen-bond donors (Lipinski definition) is 1. The molecule has 0 bridgehead atoms. The van der Waals surface area contributed by atoms with E-state index in [9.17, 15) is 0 Å². The van der Waals surface area contributed by atoms with Crippen LogP contribution in [0.5, 0.6) is 0 Å². The van der Waals surface area contributed by atoms with Crippen molar-refractivity contribution in [2.24, 2.45) is 0 Å². The van der Waals surface area contributed by atoms with Gasteiger partial charge in [0.2, 0.25) is 0 Å². The van der Waals surface area contributed by atoms with E-state index in [1.54, 1.807) is 0 Å². The molecule has 1 aromatic carbocycles. The Morgan fingerprint density at radius 1 is 0.842 bits per heavy atom. The van der Waals surface area contributed by atoms with Crippen molar-refractivity contribution >= 4 is 0 Å². The Morgan fingerprint density at radius 2 is 1.53 bits per heavy atom. The van der Waals surface area contributed by atoms with Gasteiger partial charge in [-0.3, -0.25) is 4.98 Å². The predicted octanol–water partition coefficient (Wildman–Crippen LogP) is 3.50. The Bertz CT molecular complexity index is 473. The fourth-order valence-corrected chi connectivity index (χ4v) is 2.34. The molecule has 0 fully saturated rings. The average Bonchev–Trinajstić information content (AvgIpc) is 2.48. The molecule has 0 saturated heterocycles. The van der Waals surface area contributed by atoms with Crippen molar-refractivity contribution in [2.45, 2.75) is 39.8 Å². The summed E-state index contributed by atoms with van der Waals surface area (Å²) in [5.41, 5.74) is 5.31. The first-order valence-corrected chi connectivity index (χ1v) is 7.05. The maximum Gasteiger partial charge on any atom is 0.0573 e. The predicted molar refractivity (Wildman–Crippen MR) is 80.0 cm³/mol. The molecule has 2 heteroatoms. The summed E-state index contributed by atoms with van der Waals surface area (Å²) in [6, 6.07) is 12.8. The third-order valence-electron chi connectivity index (χ3n) is 3.47. The zero-order valence-electron chi connectivity index (χ0n) is 11.8. The highest BCUT2D eigenvalue weighted by Crippen LogP contribution is 2.10. The van der Waals surface area contributed by atoms with Crippen LogP contribution < -0.4 is 5.32 Å². The van der Waals surface area contributed by atoms with Crippen LogP contribution in [0.15, 0.2) is 42.6 Å². The van der Waals surface area contributed by atoms with Crippen molar-refractivity contribution in [1.29, 1.82) is 0 Å². The Balaban J connectivity index is 1.96. The molecule has 0 unspecified atom stereocenters. The maximum atomic E-state index is 4.46. The molecular weight excluding hydrogens is 232 g/mol. The van der Waals surface area contributed by atoms with Gasteiger partial charge < -0.3 is 5.32 Å². The first-order valence-electron chi connectivity index (χ1n) is 7.05. The van der Waals surface area contributed by atoms with E-state index in [4.69, 9.17) is 0 Å². The normalized spacial score (nSPS) is 10.6. The van der Waals surface area contributed by atoms with Gasteiger partial charge in [-0.1, -0.05) is 44.2 Å². The molecular formula is C17H22N2. The van der Waals surface area contributed by atoms with Crippen LogP contribution in [0.4, 0.5) is 0 Å². The molecule has 0 aliphatic heterocycles. The lowest BCUT2D eigenvalue weighted by Gasteiger charge is -2.10. The van der Waals surface area contributed by atoms with Crippen molar-refractivity contribution in [2.75, 3.05) is 0 Å². The number of benzene rings is 1.